The third-order valence-electron chi connectivity index (χ3n) is 3.44. The van der Waals surface area contributed by atoms with E-state index in [4.69, 9.17) is 0 Å². The van der Waals surface area contributed by atoms with Crippen LogP contribution in [0.25, 0.3) is 5.57 Å². The number of hydrogen-bond acceptors (Lipinski definition) is 0. The molecule has 0 fully saturated rings. The van der Waals surface area contributed by atoms with Gasteiger partial charge in [0.25, 0.3) is 0 Å². The van der Waals surface area contributed by atoms with Crippen molar-refractivity contribution in [2.75, 3.05) is 0 Å². The lowest BCUT2D eigenvalue weighted by molar-refractivity contribution is 0.948. The zero-order valence-electron chi connectivity index (χ0n) is 10.7. The molecule has 0 aliphatic heterocycles. The van der Waals surface area contributed by atoms with Crippen LogP contribution in [0, 0.1) is 0 Å². The summed E-state index contributed by atoms with van der Waals surface area (Å²) < 4.78 is 0. The first-order valence-corrected chi connectivity index (χ1v) is 6.46. The van der Waals surface area contributed by atoms with Crippen molar-refractivity contribution in [1.29, 1.82) is 0 Å². The molecule has 0 N–H and O–H groups in total. The Kier molecular flexibility index (Phi) is 3.98. The standard InChI is InChI=1S/C17H20/c1-3-14(4-2)16-10-12-17(13-11-16)15-8-6-5-7-9-15/h3,5-10,12H,4,11,13H2,1-2H3. The molecular weight excluding hydrogens is 204 g/mol. The van der Waals surface area contributed by atoms with Crippen molar-refractivity contribution in [3.63, 3.8) is 0 Å². The number of benzene rings is 1. The first kappa shape index (κ1) is 11.9. The molecule has 0 radical (unpaired) electrons. The molecular formula is C17H20. The Balaban J connectivity index is 2.22. The maximum Gasteiger partial charge on any atom is -0.0224 e. The molecule has 88 valence electrons. The molecule has 1 aliphatic carbocycles. The first-order chi connectivity index (χ1) is 8.35. The molecule has 0 aromatic heterocycles. The minimum Gasteiger partial charge on any atom is -0.0842 e. The molecule has 0 atom stereocenters. The monoisotopic (exact) mass is 224 g/mol. The molecule has 0 nitrogen and oxygen atoms in total. The molecule has 1 aromatic carbocycles. The summed E-state index contributed by atoms with van der Waals surface area (Å²) in [5.41, 5.74) is 5.82. The molecule has 0 saturated heterocycles. The molecule has 1 aliphatic rings. The minimum absolute atomic E-state index is 1.14. The highest BCUT2D eigenvalue weighted by Crippen LogP contribution is 2.30. The summed E-state index contributed by atoms with van der Waals surface area (Å²) in [6.45, 7) is 4.36. The largest absolute Gasteiger partial charge is 0.0842 e. The average molecular weight is 224 g/mol. The highest BCUT2D eigenvalue weighted by atomic mass is 14.1. The Morgan fingerprint density at radius 3 is 2.41 bits per heavy atom. The third kappa shape index (κ3) is 2.76. The lowest BCUT2D eigenvalue weighted by atomic mass is 9.89. The first-order valence-electron chi connectivity index (χ1n) is 6.46. The van der Waals surface area contributed by atoms with E-state index >= 15 is 0 Å². The van der Waals surface area contributed by atoms with Gasteiger partial charge < -0.3 is 0 Å². The minimum atomic E-state index is 1.14. The van der Waals surface area contributed by atoms with Crippen LogP contribution in [0.2, 0.25) is 0 Å². The molecule has 1 aromatic rings. The van der Waals surface area contributed by atoms with E-state index in [0.717, 1.165) is 12.8 Å². The Labute approximate surface area is 104 Å². The highest BCUT2D eigenvalue weighted by Gasteiger charge is 2.09. The van der Waals surface area contributed by atoms with Crippen LogP contribution in [-0.4, -0.2) is 0 Å². The van der Waals surface area contributed by atoms with Crippen molar-refractivity contribution >= 4 is 5.57 Å². The summed E-state index contributed by atoms with van der Waals surface area (Å²) in [6.07, 6.45) is 10.3. The van der Waals surface area contributed by atoms with Gasteiger partial charge in [0.15, 0.2) is 0 Å². The topological polar surface area (TPSA) is 0 Å². The average Bonchev–Trinajstić information content (AvgIpc) is 2.42. The summed E-state index contributed by atoms with van der Waals surface area (Å²) in [6, 6.07) is 10.7. The Hall–Kier alpha value is -1.56. The fraction of sp³-hybridized carbons (Fsp3) is 0.294. The molecule has 0 saturated carbocycles. The Morgan fingerprint density at radius 2 is 1.88 bits per heavy atom. The lowest BCUT2D eigenvalue weighted by Crippen LogP contribution is -1.96. The van der Waals surface area contributed by atoms with E-state index in [1.54, 1.807) is 0 Å². The van der Waals surface area contributed by atoms with E-state index in [1.807, 2.05) is 0 Å². The van der Waals surface area contributed by atoms with Crippen LogP contribution >= 0.6 is 0 Å². The van der Waals surface area contributed by atoms with E-state index in [1.165, 1.54) is 28.7 Å². The SMILES string of the molecule is CC=C(CC)C1=CC=C(c2ccccc2)CC1. The Morgan fingerprint density at radius 1 is 1.12 bits per heavy atom. The van der Waals surface area contributed by atoms with Crippen LogP contribution in [-0.2, 0) is 0 Å². The molecule has 0 spiro atoms. The van der Waals surface area contributed by atoms with Crippen LogP contribution in [0.1, 0.15) is 38.7 Å². The van der Waals surface area contributed by atoms with Gasteiger partial charge in [-0.1, -0.05) is 55.5 Å². The molecule has 17 heavy (non-hydrogen) atoms. The van der Waals surface area contributed by atoms with Gasteiger partial charge in [-0.15, -0.1) is 0 Å². The van der Waals surface area contributed by atoms with E-state index in [9.17, 15) is 0 Å². The quantitative estimate of drug-likeness (QED) is 0.666. The van der Waals surface area contributed by atoms with Crippen molar-refractivity contribution in [3.8, 4) is 0 Å². The summed E-state index contributed by atoms with van der Waals surface area (Å²) in [7, 11) is 0. The molecule has 2 rings (SSSR count). The van der Waals surface area contributed by atoms with Crippen molar-refractivity contribution < 1.29 is 0 Å². The maximum absolute atomic E-state index is 2.30. The molecule has 0 amide bonds. The molecule has 0 unspecified atom stereocenters. The van der Waals surface area contributed by atoms with Gasteiger partial charge in [0.2, 0.25) is 0 Å². The van der Waals surface area contributed by atoms with Gasteiger partial charge in [-0.25, -0.2) is 0 Å². The Bertz CT molecular complexity index is 458. The van der Waals surface area contributed by atoms with Gasteiger partial charge in [0.1, 0.15) is 0 Å². The van der Waals surface area contributed by atoms with Gasteiger partial charge >= 0.3 is 0 Å². The molecule has 0 bridgehead atoms. The van der Waals surface area contributed by atoms with Crippen LogP contribution in [0.15, 0.2) is 59.7 Å². The number of hydrogen-bond donors (Lipinski definition) is 0. The van der Waals surface area contributed by atoms with Crippen molar-refractivity contribution in [2.45, 2.75) is 33.1 Å². The van der Waals surface area contributed by atoms with Gasteiger partial charge in [0.05, 0.1) is 0 Å². The zero-order chi connectivity index (χ0) is 12.1. The highest BCUT2D eigenvalue weighted by molar-refractivity contribution is 5.69. The summed E-state index contributed by atoms with van der Waals surface area (Å²) in [5, 5.41) is 0. The van der Waals surface area contributed by atoms with Crippen LogP contribution in [0.4, 0.5) is 0 Å². The van der Waals surface area contributed by atoms with Crippen LogP contribution < -0.4 is 0 Å². The third-order valence-corrected chi connectivity index (χ3v) is 3.44. The maximum atomic E-state index is 2.30. The smallest absolute Gasteiger partial charge is 0.0224 e. The van der Waals surface area contributed by atoms with Crippen LogP contribution in [0.3, 0.4) is 0 Å². The summed E-state index contributed by atoms with van der Waals surface area (Å²) in [4.78, 5) is 0. The number of rotatable bonds is 3. The van der Waals surface area contributed by atoms with E-state index in [0.29, 0.717) is 0 Å². The normalized spacial score (nSPS) is 16.5. The zero-order valence-corrected chi connectivity index (χ0v) is 10.7. The van der Waals surface area contributed by atoms with E-state index < -0.39 is 0 Å². The second-order valence-corrected chi connectivity index (χ2v) is 4.42. The second kappa shape index (κ2) is 5.67. The fourth-order valence-corrected chi connectivity index (χ4v) is 2.41. The van der Waals surface area contributed by atoms with Gasteiger partial charge in [-0.2, -0.15) is 0 Å². The summed E-state index contributed by atoms with van der Waals surface area (Å²) >= 11 is 0. The van der Waals surface area contributed by atoms with Gasteiger partial charge in [-0.3, -0.25) is 0 Å². The lowest BCUT2D eigenvalue weighted by Gasteiger charge is -2.16. The van der Waals surface area contributed by atoms with Crippen molar-refractivity contribution in [2.24, 2.45) is 0 Å². The predicted octanol–water partition coefficient (Wildman–Crippen LogP) is 5.15. The van der Waals surface area contributed by atoms with Crippen molar-refractivity contribution in [1.82, 2.24) is 0 Å². The second-order valence-electron chi connectivity index (χ2n) is 4.42. The number of allylic oxidation sites excluding steroid dienone is 6. The predicted molar refractivity (Wildman–Crippen MR) is 75.8 cm³/mol. The summed E-state index contributed by atoms with van der Waals surface area (Å²) in [5.74, 6) is 0. The van der Waals surface area contributed by atoms with E-state index in [-0.39, 0.29) is 0 Å². The van der Waals surface area contributed by atoms with Crippen molar-refractivity contribution in [3.05, 3.63) is 65.3 Å². The molecule has 0 heterocycles. The van der Waals surface area contributed by atoms with E-state index in [2.05, 4.69) is 62.4 Å². The van der Waals surface area contributed by atoms with Gasteiger partial charge in [0, 0.05) is 0 Å². The fourth-order valence-electron chi connectivity index (χ4n) is 2.41. The molecule has 0 heteroatoms. The van der Waals surface area contributed by atoms with Gasteiger partial charge in [-0.05, 0) is 48.5 Å². The van der Waals surface area contributed by atoms with Crippen LogP contribution in [0.5, 0.6) is 0 Å².